The van der Waals surface area contributed by atoms with Gasteiger partial charge in [-0.2, -0.15) is 0 Å². The van der Waals surface area contributed by atoms with Crippen molar-refractivity contribution in [2.45, 2.75) is 118 Å². The maximum Gasteiger partial charge on any atom is 0.0543 e. The monoisotopic (exact) mass is 414 g/mol. The molecule has 172 valence electrons. The van der Waals surface area contributed by atoms with Gasteiger partial charge in [-0.25, -0.2) is 0 Å². The van der Waals surface area contributed by atoms with Crippen molar-refractivity contribution in [1.82, 2.24) is 0 Å². The summed E-state index contributed by atoms with van der Waals surface area (Å²) in [5, 5.41) is 10.3. The van der Waals surface area contributed by atoms with Gasteiger partial charge in [-0.15, -0.1) is 0 Å². The van der Waals surface area contributed by atoms with Crippen LogP contribution in [-0.4, -0.2) is 11.2 Å². The minimum atomic E-state index is -0.0173. The fourth-order valence-corrected chi connectivity index (χ4v) is 9.67. The van der Waals surface area contributed by atoms with Crippen LogP contribution in [0.25, 0.3) is 0 Å². The van der Waals surface area contributed by atoms with Gasteiger partial charge in [0.2, 0.25) is 0 Å². The molecule has 0 aromatic carbocycles. The van der Waals surface area contributed by atoms with E-state index in [1.807, 2.05) is 0 Å². The second-order valence-corrected chi connectivity index (χ2v) is 12.8. The Bertz CT molecular complexity index is 624. The van der Waals surface area contributed by atoms with Crippen molar-refractivity contribution in [3.05, 3.63) is 12.2 Å². The Hall–Kier alpha value is -0.300. The van der Waals surface area contributed by atoms with Gasteiger partial charge in [0.05, 0.1) is 6.10 Å². The number of rotatable bonds is 6. The maximum atomic E-state index is 10.3. The van der Waals surface area contributed by atoms with E-state index in [4.69, 9.17) is 0 Å². The van der Waals surface area contributed by atoms with Gasteiger partial charge in [0, 0.05) is 0 Å². The van der Waals surface area contributed by atoms with Crippen LogP contribution in [0.3, 0.4) is 0 Å². The van der Waals surface area contributed by atoms with Crippen LogP contribution in [0.5, 0.6) is 0 Å². The Morgan fingerprint density at radius 3 is 2.37 bits per heavy atom. The lowest BCUT2D eigenvalue weighted by molar-refractivity contribution is -0.129. The topological polar surface area (TPSA) is 20.2 Å². The molecule has 0 radical (unpaired) electrons. The molecular weight excluding hydrogens is 364 g/mol. The minimum absolute atomic E-state index is 0.0173. The smallest absolute Gasteiger partial charge is 0.0543 e. The summed E-state index contributed by atoms with van der Waals surface area (Å²) in [5.41, 5.74) is 2.50. The van der Waals surface area contributed by atoms with E-state index < -0.39 is 0 Å². The van der Waals surface area contributed by atoms with Crippen molar-refractivity contribution >= 4 is 0 Å². The molecule has 1 nitrogen and oxygen atoms in total. The van der Waals surface area contributed by atoms with Crippen molar-refractivity contribution in [2.75, 3.05) is 0 Å². The fourth-order valence-electron chi connectivity index (χ4n) is 9.67. The summed E-state index contributed by atoms with van der Waals surface area (Å²) in [5.74, 6) is 6.18. The van der Waals surface area contributed by atoms with Gasteiger partial charge in [-0.3, -0.25) is 0 Å². The third-order valence-corrected chi connectivity index (χ3v) is 11.6. The lowest BCUT2D eigenvalue weighted by Crippen LogP contribution is -2.54. The maximum absolute atomic E-state index is 10.3. The third kappa shape index (κ3) is 3.74. The van der Waals surface area contributed by atoms with Gasteiger partial charge in [0.15, 0.2) is 0 Å². The first kappa shape index (κ1) is 22.9. The molecule has 30 heavy (non-hydrogen) atoms. The zero-order chi connectivity index (χ0) is 21.7. The predicted molar refractivity (Wildman–Crippen MR) is 128 cm³/mol. The van der Waals surface area contributed by atoms with Crippen molar-refractivity contribution < 1.29 is 5.11 Å². The summed E-state index contributed by atoms with van der Waals surface area (Å²) in [6.45, 7) is 16.7. The second-order valence-electron chi connectivity index (χ2n) is 12.8. The van der Waals surface area contributed by atoms with E-state index in [9.17, 15) is 5.11 Å². The molecule has 4 aliphatic carbocycles. The van der Waals surface area contributed by atoms with Crippen LogP contribution in [0.2, 0.25) is 0 Å². The first-order valence-corrected chi connectivity index (χ1v) is 13.5. The van der Waals surface area contributed by atoms with Crippen molar-refractivity contribution in [3.63, 3.8) is 0 Å². The Balaban J connectivity index is 1.45. The molecule has 4 fully saturated rings. The lowest BCUT2D eigenvalue weighted by Gasteiger charge is -2.61. The number of hydrogen-bond acceptors (Lipinski definition) is 1. The molecule has 0 aromatic heterocycles. The molecule has 1 N–H and O–H groups in total. The van der Waals surface area contributed by atoms with E-state index in [-0.39, 0.29) is 6.10 Å². The Morgan fingerprint density at radius 1 is 0.967 bits per heavy atom. The average molecular weight is 415 g/mol. The van der Waals surface area contributed by atoms with Crippen molar-refractivity contribution in [1.29, 1.82) is 0 Å². The summed E-state index contributed by atoms with van der Waals surface area (Å²) in [7, 11) is 0. The molecule has 4 aliphatic rings. The van der Waals surface area contributed by atoms with E-state index in [0.717, 1.165) is 54.3 Å². The number of aliphatic hydroxyl groups excluding tert-OH is 1. The van der Waals surface area contributed by atoms with Crippen molar-refractivity contribution in [2.24, 2.45) is 52.3 Å². The van der Waals surface area contributed by atoms with Crippen LogP contribution >= 0.6 is 0 Å². The predicted octanol–water partition coefficient (Wildman–Crippen LogP) is 8.02. The van der Waals surface area contributed by atoms with Crippen LogP contribution in [0.4, 0.5) is 0 Å². The lowest BCUT2D eigenvalue weighted by atomic mass is 9.44. The Morgan fingerprint density at radius 2 is 1.67 bits per heavy atom. The SMILES string of the molecule is C=C(C)[C@@H](CC)CC[C@@H](C)[C@H]1CC[C@H]2[C@@H]3CC[C@H]4C[C@@H](O)CC[C@]4(C)[C@H]3CC[C@]12C. The molecule has 0 aromatic rings. The molecular formula is C29H50O. The molecule has 0 aliphatic heterocycles. The fraction of sp³-hybridized carbons (Fsp3) is 0.931. The molecule has 0 bridgehead atoms. The molecule has 0 unspecified atom stereocenters. The van der Waals surface area contributed by atoms with Gasteiger partial charge in [0.1, 0.15) is 0 Å². The van der Waals surface area contributed by atoms with Crippen LogP contribution in [-0.2, 0) is 0 Å². The highest BCUT2D eigenvalue weighted by Gasteiger charge is 2.60. The number of aliphatic hydroxyl groups is 1. The van der Waals surface area contributed by atoms with E-state index in [0.29, 0.717) is 10.8 Å². The quantitative estimate of drug-likeness (QED) is 0.436. The van der Waals surface area contributed by atoms with Gasteiger partial charge >= 0.3 is 0 Å². The summed E-state index contributed by atoms with van der Waals surface area (Å²) >= 11 is 0. The van der Waals surface area contributed by atoms with Crippen LogP contribution in [0, 0.1) is 52.3 Å². The first-order chi connectivity index (χ1) is 14.2. The zero-order valence-electron chi connectivity index (χ0n) is 20.8. The molecule has 0 amide bonds. The molecule has 4 rings (SSSR count). The van der Waals surface area contributed by atoms with Crippen molar-refractivity contribution in [3.8, 4) is 0 Å². The molecule has 0 saturated heterocycles. The van der Waals surface area contributed by atoms with Crippen LogP contribution in [0.15, 0.2) is 12.2 Å². The largest absolute Gasteiger partial charge is 0.393 e. The first-order valence-electron chi connectivity index (χ1n) is 13.5. The highest BCUT2D eigenvalue weighted by molar-refractivity contribution is 5.09. The minimum Gasteiger partial charge on any atom is -0.393 e. The highest BCUT2D eigenvalue weighted by Crippen LogP contribution is 2.68. The molecule has 10 atom stereocenters. The summed E-state index contributed by atoms with van der Waals surface area (Å²) in [6, 6.07) is 0. The summed E-state index contributed by atoms with van der Waals surface area (Å²) in [6.07, 6.45) is 16.1. The molecule has 0 spiro atoms. The average Bonchev–Trinajstić information content (AvgIpc) is 3.06. The molecule has 1 heteroatoms. The van der Waals surface area contributed by atoms with Gasteiger partial charge in [-0.05, 0) is 136 Å². The summed E-state index contributed by atoms with van der Waals surface area (Å²) in [4.78, 5) is 0. The number of allylic oxidation sites excluding steroid dienone is 1. The van der Waals surface area contributed by atoms with E-state index >= 15 is 0 Å². The molecule has 4 saturated carbocycles. The zero-order valence-corrected chi connectivity index (χ0v) is 20.8. The number of fused-ring (bicyclic) bond motifs is 5. The van der Waals surface area contributed by atoms with Crippen LogP contribution in [0.1, 0.15) is 112 Å². The Labute approximate surface area is 187 Å². The molecule has 0 heterocycles. The Kier molecular flexibility index (Phi) is 6.53. The highest BCUT2D eigenvalue weighted by atomic mass is 16.3. The standard InChI is InChI=1S/C29H50O/c1-7-21(19(2)3)9-8-20(4)25-12-13-26-24-11-10-22-18-23(30)14-16-28(22,5)27(24)15-17-29(25,26)6/h20-27,30H,2,7-18H2,1,3-6H3/t20-,21+,22+,23+,24+,25-,26+,27+,28+,29-/m1/s1. The van der Waals surface area contributed by atoms with Crippen LogP contribution < -0.4 is 0 Å². The second kappa shape index (κ2) is 8.57. The van der Waals surface area contributed by atoms with Gasteiger partial charge < -0.3 is 5.11 Å². The summed E-state index contributed by atoms with van der Waals surface area (Å²) < 4.78 is 0. The van der Waals surface area contributed by atoms with E-state index in [1.165, 1.54) is 69.8 Å². The van der Waals surface area contributed by atoms with E-state index in [1.54, 1.807) is 0 Å². The third-order valence-electron chi connectivity index (χ3n) is 11.6. The number of hydrogen-bond donors (Lipinski definition) is 1. The van der Waals surface area contributed by atoms with Gasteiger partial charge in [0.25, 0.3) is 0 Å². The van der Waals surface area contributed by atoms with Gasteiger partial charge in [-0.1, -0.05) is 39.8 Å². The normalized spacial score (nSPS) is 47.7. The van der Waals surface area contributed by atoms with E-state index in [2.05, 4.69) is 41.2 Å².